The van der Waals surface area contributed by atoms with E-state index in [9.17, 15) is 4.79 Å². The predicted molar refractivity (Wildman–Crippen MR) is 108 cm³/mol. The van der Waals surface area contributed by atoms with Gasteiger partial charge in [-0.2, -0.15) is 0 Å². The fourth-order valence-corrected chi connectivity index (χ4v) is 2.92. The van der Waals surface area contributed by atoms with Gasteiger partial charge < -0.3 is 10.1 Å². The second-order valence-electron chi connectivity index (χ2n) is 4.73. The van der Waals surface area contributed by atoms with Crippen LogP contribution in [0.5, 0.6) is 5.75 Å². The largest absolute Gasteiger partial charge is 0.483 e. The SMILES string of the molecule is Cc1ccc(OCC(=O)NC(=S)Nc2ccc(I)cc2)c(Br)c1. The molecule has 2 N–H and O–H groups in total. The standard InChI is InChI=1S/C16H14BrIN2O2S/c1-10-2-7-14(13(17)8-10)22-9-15(21)20-16(23)19-12-5-3-11(18)4-6-12/h2-8H,9H2,1H3,(H2,19,20,21,23). The molecule has 0 saturated carbocycles. The lowest BCUT2D eigenvalue weighted by atomic mass is 10.2. The molecule has 0 aromatic heterocycles. The summed E-state index contributed by atoms with van der Waals surface area (Å²) in [5.41, 5.74) is 1.93. The summed E-state index contributed by atoms with van der Waals surface area (Å²) in [4.78, 5) is 11.9. The molecule has 2 aromatic carbocycles. The van der Waals surface area contributed by atoms with Gasteiger partial charge in [-0.1, -0.05) is 6.07 Å². The average molecular weight is 505 g/mol. The van der Waals surface area contributed by atoms with Gasteiger partial charge >= 0.3 is 0 Å². The van der Waals surface area contributed by atoms with E-state index in [4.69, 9.17) is 17.0 Å². The highest BCUT2D eigenvalue weighted by Gasteiger charge is 2.08. The van der Waals surface area contributed by atoms with Crippen LogP contribution in [0.3, 0.4) is 0 Å². The van der Waals surface area contributed by atoms with Crippen LogP contribution in [-0.4, -0.2) is 17.6 Å². The summed E-state index contributed by atoms with van der Waals surface area (Å²) in [7, 11) is 0. The summed E-state index contributed by atoms with van der Waals surface area (Å²) in [5.74, 6) is 0.294. The highest BCUT2D eigenvalue weighted by Crippen LogP contribution is 2.25. The number of carbonyl (C=O) groups excluding carboxylic acids is 1. The first-order chi connectivity index (χ1) is 10.9. The minimum absolute atomic E-state index is 0.115. The smallest absolute Gasteiger partial charge is 0.264 e. The van der Waals surface area contributed by atoms with Crippen molar-refractivity contribution in [2.45, 2.75) is 6.92 Å². The second-order valence-corrected chi connectivity index (χ2v) is 7.24. The molecule has 120 valence electrons. The zero-order chi connectivity index (χ0) is 16.8. The molecule has 0 spiro atoms. The summed E-state index contributed by atoms with van der Waals surface area (Å²) < 4.78 is 7.41. The third-order valence-electron chi connectivity index (χ3n) is 2.80. The third kappa shape index (κ3) is 6.08. The van der Waals surface area contributed by atoms with Crippen molar-refractivity contribution in [3.05, 3.63) is 56.1 Å². The van der Waals surface area contributed by atoms with E-state index in [-0.39, 0.29) is 17.6 Å². The number of anilines is 1. The zero-order valence-corrected chi connectivity index (χ0v) is 16.8. The van der Waals surface area contributed by atoms with Crippen molar-refractivity contribution in [3.63, 3.8) is 0 Å². The lowest BCUT2D eigenvalue weighted by Gasteiger charge is -2.11. The number of benzene rings is 2. The molecular weight excluding hydrogens is 491 g/mol. The van der Waals surface area contributed by atoms with Gasteiger partial charge in [0.2, 0.25) is 0 Å². The van der Waals surface area contributed by atoms with Crippen molar-refractivity contribution >= 4 is 67.4 Å². The number of carbonyl (C=O) groups is 1. The Labute approximate surface area is 162 Å². The van der Waals surface area contributed by atoms with Crippen molar-refractivity contribution in [1.29, 1.82) is 0 Å². The number of rotatable bonds is 4. The molecule has 23 heavy (non-hydrogen) atoms. The van der Waals surface area contributed by atoms with E-state index in [0.717, 1.165) is 19.3 Å². The lowest BCUT2D eigenvalue weighted by Crippen LogP contribution is -2.37. The molecule has 1 amide bonds. The van der Waals surface area contributed by atoms with Gasteiger partial charge in [0, 0.05) is 9.26 Å². The summed E-state index contributed by atoms with van der Waals surface area (Å²) >= 11 is 10.7. The molecule has 0 radical (unpaired) electrons. The number of aryl methyl sites for hydroxylation is 1. The molecule has 7 heteroatoms. The summed E-state index contributed by atoms with van der Waals surface area (Å²) in [6.45, 7) is 1.87. The first kappa shape index (κ1) is 18.2. The van der Waals surface area contributed by atoms with Crippen LogP contribution in [0.4, 0.5) is 5.69 Å². The highest BCUT2D eigenvalue weighted by molar-refractivity contribution is 14.1. The Morgan fingerprint density at radius 1 is 1.26 bits per heavy atom. The molecule has 0 bridgehead atoms. The number of hydrogen-bond donors (Lipinski definition) is 2. The Morgan fingerprint density at radius 3 is 2.61 bits per heavy atom. The van der Waals surface area contributed by atoms with Crippen LogP contribution in [-0.2, 0) is 4.79 Å². The summed E-state index contributed by atoms with van der Waals surface area (Å²) in [6.07, 6.45) is 0. The fourth-order valence-electron chi connectivity index (χ4n) is 1.72. The monoisotopic (exact) mass is 504 g/mol. The van der Waals surface area contributed by atoms with Crippen LogP contribution in [0.15, 0.2) is 46.9 Å². The van der Waals surface area contributed by atoms with E-state index >= 15 is 0 Å². The minimum Gasteiger partial charge on any atom is -0.483 e. The van der Waals surface area contributed by atoms with Gasteiger partial charge in [0.25, 0.3) is 5.91 Å². The number of thiocarbonyl (C=S) groups is 1. The number of ether oxygens (including phenoxy) is 1. The molecule has 0 saturated heterocycles. The van der Waals surface area contributed by atoms with Crippen molar-refractivity contribution in [3.8, 4) is 5.75 Å². The van der Waals surface area contributed by atoms with E-state index in [1.165, 1.54) is 0 Å². The van der Waals surface area contributed by atoms with Gasteiger partial charge in [0.05, 0.1) is 4.47 Å². The van der Waals surface area contributed by atoms with E-state index in [1.54, 1.807) is 0 Å². The number of nitrogens with one attached hydrogen (secondary N) is 2. The lowest BCUT2D eigenvalue weighted by molar-refractivity contribution is -0.121. The van der Waals surface area contributed by atoms with E-state index in [2.05, 4.69) is 49.2 Å². The molecule has 4 nitrogen and oxygen atoms in total. The van der Waals surface area contributed by atoms with Gasteiger partial charge in [-0.15, -0.1) is 0 Å². The van der Waals surface area contributed by atoms with Crippen LogP contribution in [0.25, 0.3) is 0 Å². The second kappa shape index (κ2) is 8.60. The highest BCUT2D eigenvalue weighted by atomic mass is 127. The molecule has 0 aliphatic heterocycles. The van der Waals surface area contributed by atoms with E-state index in [1.807, 2.05) is 49.4 Å². The van der Waals surface area contributed by atoms with Crippen molar-refractivity contribution < 1.29 is 9.53 Å². The van der Waals surface area contributed by atoms with Crippen LogP contribution in [0, 0.1) is 10.5 Å². The number of halogens is 2. The Kier molecular flexibility index (Phi) is 6.79. The van der Waals surface area contributed by atoms with Crippen LogP contribution in [0.2, 0.25) is 0 Å². The molecule has 0 aliphatic carbocycles. The molecule has 0 atom stereocenters. The molecule has 0 heterocycles. The van der Waals surface area contributed by atoms with Gasteiger partial charge in [-0.25, -0.2) is 0 Å². The predicted octanol–water partition coefficient (Wildman–Crippen LogP) is 4.25. The molecule has 2 aromatic rings. The van der Waals surface area contributed by atoms with Crippen LogP contribution in [0.1, 0.15) is 5.56 Å². The molecule has 0 unspecified atom stereocenters. The number of amides is 1. The maximum absolute atomic E-state index is 11.9. The summed E-state index contributed by atoms with van der Waals surface area (Å²) in [5, 5.41) is 5.77. The number of hydrogen-bond acceptors (Lipinski definition) is 3. The van der Waals surface area contributed by atoms with Crippen LogP contribution >= 0.6 is 50.7 Å². The average Bonchev–Trinajstić information content (AvgIpc) is 2.48. The molecule has 0 aliphatic rings. The Balaban J connectivity index is 1.82. The van der Waals surface area contributed by atoms with Crippen LogP contribution < -0.4 is 15.4 Å². The Hall–Kier alpha value is -1.19. The normalized spacial score (nSPS) is 10.0. The fraction of sp³-hybridized carbons (Fsp3) is 0.125. The van der Waals surface area contributed by atoms with Gasteiger partial charge in [0.1, 0.15) is 5.75 Å². The zero-order valence-electron chi connectivity index (χ0n) is 12.2. The van der Waals surface area contributed by atoms with Crippen molar-refractivity contribution in [2.75, 3.05) is 11.9 Å². The maximum atomic E-state index is 11.9. The molecule has 2 rings (SSSR count). The van der Waals surface area contributed by atoms with Gasteiger partial charge in [-0.3, -0.25) is 10.1 Å². The first-order valence-electron chi connectivity index (χ1n) is 6.69. The minimum atomic E-state index is -0.319. The Morgan fingerprint density at radius 2 is 1.96 bits per heavy atom. The van der Waals surface area contributed by atoms with Gasteiger partial charge in [-0.05, 0) is 99.6 Å². The quantitative estimate of drug-likeness (QED) is 0.482. The first-order valence-corrected chi connectivity index (χ1v) is 8.97. The summed E-state index contributed by atoms with van der Waals surface area (Å²) in [6, 6.07) is 13.3. The van der Waals surface area contributed by atoms with Gasteiger partial charge in [0.15, 0.2) is 11.7 Å². The topological polar surface area (TPSA) is 50.4 Å². The van der Waals surface area contributed by atoms with Crippen molar-refractivity contribution in [1.82, 2.24) is 5.32 Å². The molecule has 0 fully saturated rings. The maximum Gasteiger partial charge on any atom is 0.264 e. The molecular formula is C16H14BrIN2O2S. The third-order valence-corrected chi connectivity index (χ3v) is 4.34. The van der Waals surface area contributed by atoms with E-state index < -0.39 is 0 Å². The van der Waals surface area contributed by atoms with Crippen molar-refractivity contribution in [2.24, 2.45) is 0 Å². The van der Waals surface area contributed by atoms with E-state index in [0.29, 0.717) is 5.75 Å². The Bertz CT molecular complexity index is 723.